The summed E-state index contributed by atoms with van der Waals surface area (Å²) in [6.45, 7) is 0. The Balaban J connectivity index is 1.83. The molecule has 3 heteroatoms. The molecular formula is C21H14ClNO. The Bertz CT molecular complexity index is 1050. The van der Waals surface area contributed by atoms with Crippen molar-refractivity contribution in [2.75, 3.05) is 5.32 Å². The predicted octanol–water partition coefficient (Wildman–Crippen LogP) is 5.90. The molecule has 0 radical (unpaired) electrons. The van der Waals surface area contributed by atoms with Crippen LogP contribution in [-0.4, -0.2) is 5.91 Å². The van der Waals surface area contributed by atoms with Crippen LogP contribution in [0.1, 0.15) is 10.4 Å². The summed E-state index contributed by atoms with van der Waals surface area (Å²) in [6.07, 6.45) is 0. The van der Waals surface area contributed by atoms with Crippen molar-refractivity contribution in [3.05, 3.63) is 89.4 Å². The van der Waals surface area contributed by atoms with Crippen molar-refractivity contribution in [1.29, 1.82) is 0 Å². The second-order valence-corrected chi connectivity index (χ2v) is 6.09. The van der Waals surface area contributed by atoms with Crippen LogP contribution in [-0.2, 0) is 0 Å². The molecule has 0 aliphatic heterocycles. The van der Waals surface area contributed by atoms with E-state index in [0.29, 0.717) is 10.6 Å². The highest BCUT2D eigenvalue weighted by atomic mass is 35.5. The monoisotopic (exact) mass is 331 g/mol. The van der Waals surface area contributed by atoms with E-state index in [1.807, 2.05) is 36.4 Å². The van der Waals surface area contributed by atoms with Crippen LogP contribution < -0.4 is 5.32 Å². The van der Waals surface area contributed by atoms with Gasteiger partial charge in [0.1, 0.15) is 0 Å². The average molecular weight is 332 g/mol. The van der Waals surface area contributed by atoms with Crippen molar-refractivity contribution in [2.24, 2.45) is 0 Å². The second kappa shape index (κ2) is 5.99. The minimum Gasteiger partial charge on any atom is -0.321 e. The Hall–Kier alpha value is -2.84. The summed E-state index contributed by atoms with van der Waals surface area (Å²) in [4.78, 5) is 12.6. The van der Waals surface area contributed by atoms with Crippen LogP contribution in [0.4, 0.5) is 5.69 Å². The summed E-state index contributed by atoms with van der Waals surface area (Å²) in [5.41, 5.74) is 1.39. The van der Waals surface area contributed by atoms with Gasteiger partial charge in [-0.1, -0.05) is 60.1 Å². The first-order valence-corrected chi connectivity index (χ1v) is 8.07. The normalized spacial score (nSPS) is 10.9. The highest BCUT2D eigenvalue weighted by Crippen LogP contribution is 2.32. The molecule has 0 unspecified atom stereocenters. The fourth-order valence-corrected chi connectivity index (χ4v) is 3.08. The first kappa shape index (κ1) is 14.7. The SMILES string of the molecule is O=C(Nc1cc2ccccc2c2ccccc12)c1ccc(Cl)cc1. The number of carbonyl (C=O) groups excluding carboxylic acids is 1. The third-order valence-electron chi connectivity index (χ3n) is 4.12. The van der Waals surface area contributed by atoms with Gasteiger partial charge in [0, 0.05) is 21.7 Å². The van der Waals surface area contributed by atoms with Gasteiger partial charge in [-0.3, -0.25) is 4.79 Å². The second-order valence-electron chi connectivity index (χ2n) is 5.65. The smallest absolute Gasteiger partial charge is 0.255 e. The third kappa shape index (κ3) is 2.61. The van der Waals surface area contributed by atoms with E-state index in [9.17, 15) is 4.79 Å². The number of halogens is 1. The molecule has 0 bridgehead atoms. The summed E-state index contributed by atoms with van der Waals surface area (Å²) < 4.78 is 0. The van der Waals surface area contributed by atoms with Crippen LogP contribution in [0.25, 0.3) is 21.5 Å². The van der Waals surface area contributed by atoms with Crippen LogP contribution in [0, 0.1) is 0 Å². The lowest BCUT2D eigenvalue weighted by molar-refractivity contribution is 0.102. The topological polar surface area (TPSA) is 29.1 Å². The number of benzene rings is 4. The highest BCUT2D eigenvalue weighted by Gasteiger charge is 2.10. The van der Waals surface area contributed by atoms with Gasteiger partial charge in [0.05, 0.1) is 0 Å². The molecule has 0 aliphatic carbocycles. The van der Waals surface area contributed by atoms with E-state index in [1.165, 1.54) is 5.39 Å². The van der Waals surface area contributed by atoms with E-state index >= 15 is 0 Å². The predicted molar refractivity (Wildman–Crippen MR) is 101 cm³/mol. The molecule has 1 N–H and O–H groups in total. The minimum absolute atomic E-state index is 0.146. The maximum absolute atomic E-state index is 12.6. The Kier molecular flexibility index (Phi) is 3.68. The first-order valence-electron chi connectivity index (χ1n) is 7.70. The number of anilines is 1. The standard InChI is InChI=1S/C21H14ClNO/c22-16-11-9-14(10-12-16)21(24)23-20-13-15-5-1-2-6-17(15)18-7-3-4-8-19(18)20/h1-13H,(H,23,24). The molecule has 1 amide bonds. The fraction of sp³-hybridized carbons (Fsp3) is 0. The molecule has 116 valence electrons. The number of hydrogen-bond donors (Lipinski definition) is 1. The molecule has 4 aromatic rings. The molecule has 0 atom stereocenters. The lowest BCUT2D eigenvalue weighted by Crippen LogP contribution is -2.12. The maximum atomic E-state index is 12.6. The van der Waals surface area contributed by atoms with Gasteiger partial charge in [0.25, 0.3) is 5.91 Å². The van der Waals surface area contributed by atoms with E-state index in [-0.39, 0.29) is 5.91 Å². The van der Waals surface area contributed by atoms with Crippen LogP contribution in [0.5, 0.6) is 0 Å². The van der Waals surface area contributed by atoms with Crippen LogP contribution in [0.2, 0.25) is 5.02 Å². The van der Waals surface area contributed by atoms with Crippen molar-refractivity contribution in [3.8, 4) is 0 Å². The molecule has 0 aromatic heterocycles. The molecule has 0 aliphatic rings. The van der Waals surface area contributed by atoms with E-state index in [2.05, 4.69) is 23.5 Å². The third-order valence-corrected chi connectivity index (χ3v) is 4.37. The van der Waals surface area contributed by atoms with Crippen LogP contribution >= 0.6 is 11.6 Å². The number of rotatable bonds is 2. The molecular weight excluding hydrogens is 318 g/mol. The number of nitrogens with one attached hydrogen (secondary N) is 1. The van der Waals surface area contributed by atoms with E-state index in [1.54, 1.807) is 24.3 Å². The zero-order chi connectivity index (χ0) is 16.5. The summed E-state index contributed by atoms with van der Waals surface area (Å²) in [6, 6.07) is 25.2. The fourth-order valence-electron chi connectivity index (χ4n) is 2.95. The summed E-state index contributed by atoms with van der Waals surface area (Å²) >= 11 is 5.89. The number of carbonyl (C=O) groups is 1. The molecule has 24 heavy (non-hydrogen) atoms. The Morgan fingerprint density at radius 3 is 2.12 bits per heavy atom. The number of amides is 1. The summed E-state index contributed by atoms with van der Waals surface area (Å²) in [5.74, 6) is -0.146. The lowest BCUT2D eigenvalue weighted by Gasteiger charge is -2.12. The molecule has 2 nitrogen and oxygen atoms in total. The first-order chi connectivity index (χ1) is 11.7. The van der Waals surface area contributed by atoms with E-state index in [4.69, 9.17) is 11.6 Å². The van der Waals surface area contributed by atoms with Crippen molar-refractivity contribution in [3.63, 3.8) is 0 Å². The maximum Gasteiger partial charge on any atom is 0.255 e. The molecule has 0 saturated heterocycles. The molecule has 4 rings (SSSR count). The van der Waals surface area contributed by atoms with Crippen LogP contribution in [0.15, 0.2) is 78.9 Å². The number of hydrogen-bond acceptors (Lipinski definition) is 1. The molecule has 0 spiro atoms. The Morgan fingerprint density at radius 1 is 0.750 bits per heavy atom. The molecule has 4 aromatic carbocycles. The molecule has 0 fully saturated rings. The van der Waals surface area contributed by atoms with Gasteiger partial charge in [0.2, 0.25) is 0 Å². The van der Waals surface area contributed by atoms with Crippen molar-refractivity contribution in [1.82, 2.24) is 0 Å². The number of fused-ring (bicyclic) bond motifs is 3. The minimum atomic E-state index is -0.146. The highest BCUT2D eigenvalue weighted by molar-refractivity contribution is 6.30. The summed E-state index contributed by atoms with van der Waals surface area (Å²) in [7, 11) is 0. The van der Waals surface area contributed by atoms with Gasteiger partial charge >= 0.3 is 0 Å². The average Bonchev–Trinajstić information content (AvgIpc) is 2.62. The van der Waals surface area contributed by atoms with Gasteiger partial charge < -0.3 is 5.32 Å². The zero-order valence-electron chi connectivity index (χ0n) is 12.8. The van der Waals surface area contributed by atoms with Crippen molar-refractivity contribution in [2.45, 2.75) is 0 Å². The molecule has 0 heterocycles. The largest absolute Gasteiger partial charge is 0.321 e. The van der Waals surface area contributed by atoms with Gasteiger partial charge in [-0.25, -0.2) is 0 Å². The van der Waals surface area contributed by atoms with Gasteiger partial charge in [0.15, 0.2) is 0 Å². The van der Waals surface area contributed by atoms with Gasteiger partial charge in [-0.05, 0) is 46.5 Å². The van der Waals surface area contributed by atoms with E-state index in [0.717, 1.165) is 21.8 Å². The Labute approximate surface area is 144 Å². The van der Waals surface area contributed by atoms with Crippen molar-refractivity contribution < 1.29 is 4.79 Å². The quantitative estimate of drug-likeness (QED) is 0.455. The summed E-state index contributed by atoms with van der Waals surface area (Å²) in [5, 5.41) is 8.08. The molecule has 0 saturated carbocycles. The zero-order valence-corrected chi connectivity index (χ0v) is 13.5. The van der Waals surface area contributed by atoms with E-state index < -0.39 is 0 Å². The van der Waals surface area contributed by atoms with Crippen molar-refractivity contribution >= 4 is 44.7 Å². The lowest BCUT2D eigenvalue weighted by atomic mass is 10.00. The van der Waals surface area contributed by atoms with Gasteiger partial charge in [-0.2, -0.15) is 0 Å². The Morgan fingerprint density at radius 2 is 1.38 bits per heavy atom. The van der Waals surface area contributed by atoms with Crippen LogP contribution in [0.3, 0.4) is 0 Å². The van der Waals surface area contributed by atoms with Gasteiger partial charge in [-0.15, -0.1) is 0 Å².